The zero-order chi connectivity index (χ0) is 25.4. The molecule has 36 heavy (non-hydrogen) atoms. The second-order valence-corrected chi connectivity index (χ2v) is 9.50. The Balaban J connectivity index is 1.35. The molecule has 0 saturated carbocycles. The molecule has 2 N–H and O–H groups in total. The molecule has 7 nitrogen and oxygen atoms in total. The molecule has 1 amide bonds. The summed E-state index contributed by atoms with van der Waals surface area (Å²) in [5, 5.41) is 4.11. The number of amides is 1. The van der Waals surface area contributed by atoms with E-state index in [0.29, 0.717) is 34.3 Å². The first-order valence-corrected chi connectivity index (χ1v) is 11.9. The maximum atomic E-state index is 14.5. The Kier molecular flexibility index (Phi) is 6.20. The maximum Gasteiger partial charge on any atom is 0.389 e. The number of H-pyrrole nitrogens is 1. The highest BCUT2D eigenvalue weighted by Crippen LogP contribution is 2.34. The first-order chi connectivity index (χ1) is 17.2. The van der Waals surface area contributed by atoms with Crippen molar-refractivity contribution in [2.24, 2.45) is 0 Å². The highest BCUT2D eigenvalue weighted by molar-refractivity contribution is 7.15. The Morgan fingerprint density at radius 3 is 2.86 bits per heavy atom. The number of aromatic amines is 1. The third-order valence-electron chi connectivity index (χ3n) is 5.84. The Bertz CT molecular complexity index is 1510. The van der Waals surface area contributed by atoms with E-state index in [1.165, 1.54) is 22.4 Å². The number of carbonyl (C=O) groups is 1. The molecule has 1 aliphatic rings. The SMILES string of the molecule is O=C(CCC(F)(F)F)N1CCc2sc(-c3ncc(F)c(Nc4ccc5c(=O)[nH]ccc5c4)n3)cc2C1. The van der Waals surface area contributed by atoms with E-state index in [4.69, 9.17) is 0 Å². The number of pyridine rings is 1. The molecular weight excluding hydrogens is 498 g/mol. The Hall–Kier alpha value is -3.80. The van der Waals surface area contributed by atoms with Crippen LogP contribution in [0.15, 0.2) is 47.5 Å². The summed E-state index contributed by atoms with van der Waals surface area (Å²) >= 11 is 1.41. The number of halogens is 4. The van der Waals surface area contributed by atoms with E-state index in [1.54, 1.807) is 30.3 Å². The molecule has 0 atom stereocenters. The van der Waals surface area contributed by atoms with Gasteiger partial charge in [-0.2, -0.15) is 13.2 Å². The molecule has 1 aliphatic heterocycles. The first kappa shape index (κ1) is 23.9. The lowest BCUT2D eigenvalue weighted by atomic mass is 10.1. The predicted octanol–water partition coefficient (Wildman–Crippen LogP) is 5.16. The van der Waals surface area contributed by atoms with Gasteiger partial charge in [-0.3, -0.25) is 9.59 Å². The second-order valence-electron chi connectivity index (χ2n) is 8.36. The van der Waals surface area contributed by atoms with Crippen molar-refractivity contribution in [2.75, 3.05) is 11.9 Å². The summed E-state index contributed by atoms with van der Waals surface area (Å²) in [4.78, 5) is 38.2. The van der Waals surface area contributed by atoms with Crippen LogP contribution in [0.4, 0.5) is 29.1 Å². The fourth-order valence-electron chi connectivity index (χ4n) is 4.04. The third-order valence-corrected chi connectivity index (χ3v) is 7.08. The van der Waals surface area contributed by atoms with Crippen molar-refractivity contribution >= 4 is 39.5 Å². The van der Waals surface area contributed by atoms with E-state index in [9.17, 15) is 27.2 Å². The van der Waals surface area contributed by atoms with Crippen molar-refractivity contribution in [2.45, 2.75) is 32.0 Å². The molecule has 0 aliphatic carbocycles. The fourth-order valence-corrected chi connectivity index (χ4v) is 5.15. The van der Waals surface area contributed by atoms with Crippen molar-refractivity contribution in [3.05, 3.63) is 69.3 Å². The highest BCUT2D eigenvalue weighted by atomic mass is 32.1. The van der Waals surface area contributed by atoms with E-state index in [0.717, 1.165) is 16.6 Å². The number of nitrogens with one attached hydrogen (secondary N) is 2. The van der Waals surface area contributed by atoms with E-state index in [2.05, 4.69) is 20.3 Å². The van der Waals surface area contributed by atoms with Crippen LogP contribution >= 0.6 is 11.3 Å². The number of anilines is 2. The number of nitrogens with zero attached hydrogens (tertiary/aromatic N) is 3. The van der Waals surface area contributed by atoms with Crippen LogP contribution in [-0.4, -0.2) is 38.5 Å². The number of rotatable bonds is 5. The number of hydrogen-bond donors (Lipinski definition) is 2. The minimum absolute atomic E-state index is 0.0421. The zero-order valence-corrected chi connectivity index (χ0v) is 19.5. The minimum Gasteiger partial charge on any atom is -0.338 e. The van der Waals surface area contributed by atoms with Crippen molar-refractivity contribution in [1.82, 2.24) is 19.9 Å². The van der Waals surface area contributed by atoms with Gasteiger partial charge < -0.3 is 15.2 Å². The highest BCUT2D eigenvalue weighted by Gasteiger charge is 2.30. The van der Waals surface area contributed by atoms with E-state index >= 15 is 0 Å². The topological polar surface area (TPSA) is 91.0 Å². The minimum atomic E-state index is -4.37. The maximum absolute atomic E-state index is 14.5. The van der Waals surface area contributed by atoms with Crippen molar-refractivity contribution in [1.29, 1.82) is 0 Å². The molecule has 12 heteroatoms. The van der Waals surface area contributed by atoms with Gasteiger partial charge in [0, 0.05) is 41.7 Å². The largest absolute Gasteiger partial charge is 0.389 e. The fraction of sp³-hybridized carbons (Fsp3) is 0.250. The van der Waals surface area contributed by atoms with Crippen LogP contribution < -0.4 is 10.9 Å². The van der Waals surface area contributed by atoms with Crippen LogP contribution in [0, 0.1) is 5.82 Å². The van der Waals surface area contributed by atoms with Crippen molar-refractivity contribution in [3.63, 3.8) is 0 Å². The molecule has 4 heterocycles. The van der Waals surface area contributed by atoms with Crippen LogP contribution in [0.5, 0.6) is 0 Å². The number of thiophene rings is 1. The van der Waals surface area contributed by atoms with Gasteiger partial charge in [0.15, 0.2) is 17.5 Å². The lowest BCUT2D eigenvalue weighted by Crippen LogP contribution is -2.35. The average molecular weight is 518 g/mol. The van der Waals surface area contributed by atoms with Gasteiger partial charge in [0.1, 0.15) is 0 Å². The molecule has 0 fully saturated rings. The van der Waals surface area contributed by atoms with Crippen molar-refractivity contribution in [3.8, 4) is 10.7 Å². The number of fused-ring (bicyclic) bond motifs is 2. The molecule has 5 rings (SSSR count). The molecular formula is C24H19F4N5O2S. The summed E-state index contributed by atoms with van der Waals surface area (Å²) in [6.45, 7) is 0.552. The molecule has 186 valence electrons. The number of aromatic nitrogens is 3. The van der Waals surface area contributed by atoms with Gasteiger partial charge in [0.2, 0.25) is 5.91 Å². The van der Waals surface area contributed by atoms with Gasteiger partial charge >= 0.3 is 6.18 Å². The molecule has 0 radical (unpaired) electrons. The average Bonchev–Trinajstić information content (AvgIpc) is 3.27. The van der Waals surface area contributed by atoms with Crippen LogP contribution in [0.25, 0.3) is 21.5 Å². The molecule has 0 saturated heterocycles. The Morgan fingerprint density at radius 1 is 1.22 bits per heavy atom. The van der Waals surface area contributed by atoms with Gasteiger partial charge in [-0.25, -0.2) is 14.4 Å². The Labute approximate surface area is 205 Å². The molecule has 0 spiro atoms. The summed E-state index contributed by atoms with van der Waals surface area (Å²) in [5.74, 6) is -0.954. The van der Waals surface area contributed by atoms with Gasteiger partial charge in [0.25, 0.3) is 5.56 Å². The Morgan fingerprint density at radius 2 is 2.06 bits per heavy atom. The van der Waals surface area contributed by atoms with E-state index in [1.807, 2.05) is 0 Å². The third kappa shape index (κ3) is 5.08. The normalized spacial score (nSPS) is 13.6. The van der Waals surface area contributed by atoms with Gasteiger partial charge in [-0.05, 0) is 47.7 Å². The van der Waals surface area contributed by atoms with Crippen molar-refractivity contribution < 1.29 is 22.4 Å². The number of carbonyl (C=O) groups excluding carboxylic acids is 1. The summed E-state index contributed by atoms with van der Waals surface area (Å²) in [6.07, 6.45) is -2.99. The zero-order valence-electron chi connectivity index (χ0n) is 18.7. The molecule has 4 aromatic rings. The molecule has 0 unspecified atom stereocenters. The molecule has 3 aromatic heterocycles. The summed E-state index contributed by atoms with van der Waals surface area (Å²) in [5.41, 5.74) is 1.13. The van der Waals surface area contributed by atoms with Crippen LogP contribution in [0.1, 0.15) is 23.3 Å². The summed E-state index contributed by atoms with van der Waals surface area (Å²) < 4.78 is 51.9. The number of alkyl halides is 3. The summed E-state index contributed by atoms with van der Waals surface area (Å²) in [6, 6.07) is 8.51. The lowest BCUT2D eigenvalue weighted by molar-refractivity contribution is -0.149. The second kappa shape index (κ2) is 9.34. The van der Waals surface area contributed by atoms with Gasteiger partial charge in [0.05, 0.1) is 17.5 Å². The van der Waals surface area contributed by atoms with Gasteiger partial charge in [-0.15, -0.1) is 11.3 Å². The lowest BCUT2D eigenvalue weighted by Gasteiger charge is -2.27. The van der Waals surface area contributed by atoms with Crippen LogP contribution in [-0.2, 0) is 17.8 Å². The van der Waals surface area contributed by atoms with Crippen LogP contribution in [0.2, 0.25) is 0 Å². The smallest absolute Gasteiger partial charge is 0.338 e. The van der Waals surface area contributed by atoms with E-state index < -0.39 is 30.7 Å². The quantitative estimate of drug-likeness (QED) is 0.357. The van der Waals surface area contributed by atoms with E-state index in [-0.39, 0.29) is 23.7 Å². The van der Waals surface area contributed by atoms with Gasteiger partial charge in [-0.1, -0.05) is 0 Å². The van der Waals surface area contributed by atoms with Crippen LogP contribution in [0.3, 0.4) is 0 Å². The standard InChI is InChI=1S/C24H19F4N5O2S/c25-17-11-30-22(32-21(17)31-15-1-2-16-13(9-15)4-7-29-23(16)35)19-10-14-12-33(8-5-18(14)36-19)20(34)3-6-24(26,27)28/h1-2,4,7,9-11H,3,5-6,8,12H2,(H,29,35)(H,30,31,32). The summed E-state index contributed by atoms with van der Waals surface area (Å²) in [7, 11) is 0. The first-order valence-electron chi connectivity index (χ1n) is 11.0. The molecule has 0 bridgehead atoms. The number of hydrogen-bond acceptors (Lipinski definition) is 6. The monoisotopic (exact) mass is 517 g/mol. The predicted molar refractivity (Wildman–Crippen MR) is 128 cm³/mol. The molecule has 1 aromatic carbocycles. The number of benzene rings is 1.